The molecule has 0 radical (unpaired) electrons. The summed E-state index contributed by atoms with van der Waals surface area (Å²) in [5.41, 5.74) is 41.0. The van der Waals surface area contributed by atoms with Gasteiger partial charge in [0, 0.05) is 58.2 Å². The number of aliphatic hydroxyl groups excluding tert-OH is 1. The number of guanidine groups is 3. The van der Waals surface area contributed by atoms with Gasteiger partial charge in [-0.25, -0.2) is 4.79 Å². The molecule has 0 spiro atoms. The molecule has 11 atom stereocenters. The van der Waals surface area contributed by atoms with E-state index in [1.165, 1.54) is 19.6 Å². The first kappa shape index (κ1) is 70.3. The monoisotopic (exact) mass is 1280 g/mol. The molecule has 0 bridgehead atoms. The fourth-order valence-electron chi connectivity index (χ4n) is 13.1. The molecule has 92 heavy (non-hydrogen) atoms. The third-order valence-corrected chi connectivity index (χ3v) is 17.7. The number of carbonyl (C=O) groups is 10. The summed E-state index contributed by atoms with van der Waals surface area (Å²) in [4.78, 5) is 159. The zero-order valence-corrected chi connectivity index (χ0v) is 51.9. The van der Waals surface area contributed by atoms with E-state index in [-0.39, 0.29) is 127 Å². The van der Waals surface area contributed by atoms with Crippen molar-refractivity contribution in [1.29, 1.82) is 0 Å². The Balaban J connectivity index is 1.02. The first-order chi connectivity index (χ1) is 44.1. The number of aliphatic imine (C=N–C) groups is 3. The van der Waals surface area contributed by atoms with E-state index in [9.17, 15) is 48.6 Å². The number of aliphatic carboxylic acids is 1. The molecule has 502 valence electrons. The van der Waals surface area contributed by atoms with Crippen LogP contribution in [0.1, 0.15) is 113 Å². The van der Waals surface area contributed by atoms with Gasteiger partial charge < -0.3 is 96.5 Å². The zero-order valence-electron chi connectivity index (χ0n) is 51.9. The van der Waals surface area contributed by atoms with Gasteiger partial charge in [-0.15, -0.1) is 0 Å². The molecule has 4 aliphatic heterocycles. The number of nitrogens with one attached hydrogen (secondary N) is 5. The fourth-order valence-corrected chi connectivity index (χ4v) is 13.1. The lowest BCUT2D eigenvalue weighted by atomic mass is 9.84. The quantitative estimate of drug-likeness (QED) is 0.0201. The van der Waals surface area contributed by atoms with Gasteiger partial charge in [0.25, 0.3) is 0 Å². The Morgan fingerprint density at radius 3 is 1.77 bits per heavy atom. The van der Waals surface area contributed by atoms with Crippen LogP contribution in [0.2, 0.25) is 0 Å². The van der Waals surface area contributed by atoms with E-state index >= 15 is 9.59 Å². The molecule has 31 nitrogen and oxygen atoms in total. The third-order valence-electron chi connectivity index (χ3n) is 17.7. The number of hydrogen-bond acceptors (Lipinski definition) is 15. The predicted molar refractivity (Wildman–Crippen MR) is 338 cm³/mol. The molecule has 0 aromatic heterocycles. The molecule has 9 amide bonds. The van der Waals surface area contributed by atoms with Crippen molar-refractivity contribution in [2.75, 3.05) is 45.9 Å². The van der Waals surface area contributed by atoms with Crippen LogP contribution in [0.4, 0.5) is 0 Å². The highest BCUT2D eigenvalue weighted by molar-refractivity contribution is 5.99. The molecule has 2 aromatic carbocycles. The van der Waals surface area contributed by atoms with Gasteiger partial charge in [0.2, 0.25) is 53.2 Å². The highest BCUT2D eigenvalue weighted by atomic mass is 16.4. The van der Waals surface area contributed by atoms with Crippen molar-refractivity contribution in [2.45, 2.75) is 176 Å². The summed E-state index contributed by atoms with van der Waals surface area (Å²) in [5, 5.41) is 34.4. The fraction of sp³-hybridized carbons (Fsp3) is 0.590. The average molecular weight is 1280 g/mol. The normalized spacial score (nSPS) is 21.5. The van der Waals surface area contributed by atoms with E-state index < -0.39 is 127 Å². The second-order valence-corrected chi connectivity index (χ2v) is 24.1. The van der Waals surface area contributed by atoms with Crippen LogP contribution in [0.3, 0.4) is 0 Å². The van der Waals surface area contributed by atoms with Crippen molar-refractivity contribution in [2.24, 2.45) is 61.0 Å². The predicted octanol–water partition coefficient (Wildman–Crippen LogP) is -4.06. The number of rotatable bonds is 30. The maximum Gasteiger partial charge on any atom is 0.326 e. The van der Waals surface area contributed by atoms with Gasteiger partial charge >= 0.3 is 5.97 Å². The average Bonchev–Trinajstić information content (AvgIpc) is 1.49. The number of nitrogens with zero attached hydrogens (tertiary/aromatic N) is 7. The lowest BCUT2D eigenvalue weighted by Crippen LogP contribution is -2.63. The van der Waals surface area contributed by atoms with Crippen molar-refractivity contribution in [3.05, 3.63) is 71.3 Å². The van der Waals surface area contributed by atoms with E-state index in [0.717, 1.165) is 24.8 Å². The SMILES string of the molecule is NC(N)=NCCC[C@@H](N)C(=O)N[C@@H](CCCN=C(N)N)C(=O)N1CCC[C@H]1C(=O)N1CCC[C@H]1C(=O)NCC(=O)N[C@@H](Cc1ccccc1)C(=O)N[C@@H](CO)C(=O)N1Cc2ccccc2C[C@@H]1C(=O)N1[C@H](C(=O)N[C@@H](CCCN=C(N)N)C(=O)O)C[C@@H]2CCCC[C@@H]21. The Bertz CT molecular complexity index is 3050. The summed E-state index contributed by atoms with van der Waals surface area (Å²) in [6, 6.07) is 4.71. The van der Waals surface area contributed by atoms with Gasteiger partial charge in [0.15, 0.2) is 17.9 Å². The summed E-state index contributed by atoms with van der Waals surface area (Å²) < 4.78 is 0. The maximum atomic E-state index is 15.4. The standard InChI is InChI=1S/C61H91N19O12/c62-39(18-8-24-69-59(63)64)50(83)74-40(19-9-25-70-60(65)66)54(87)78-28-12-23-46(78)56(89)77-27-11-22-45(77)52(85)72-32-49(82)73-42(29-35-13-2-1-3-14-35)51(84)76-43(34-81)55(88)79-33-38-17-5-4-15-36(38)30-48(79)57(90)80-44-21-7-6-16-37(44)31-47(80)53(86)75-41(58(91)92)20-10-26-71-61(67)68/h1-5,13-15,17,37,39-48,81H,6-12,16,18-34,62H2,(H,72,85)(H,73,82)(H,74,83)(H,75,86)(H,76,84)(H,91,92)(H4,63,64,69)(H4,65,66,70)(H4,67,68,71)/t37-,39+,40-,41-,42-,43-,44-,45-,46-,47-,48+/m0/s1. The molecule has 2 aromatic rings. The number of aliphatic hydroxyl groups is 1. The minimum absolute atomic E-state index is 0.00619. The number of nitrogens with two attached hydrogens (primary N) is 7. The summed E-state index contributed by atoms with van der Waals surface area (Å²) in [6.45, 7) is -0.784. The summed E-state index contributed by atoms with van der Waals surface area (Å²) in [6.07, 6.45) is 5.79. The zero-order chi connectivity index (χ0) is 66.6. The lowest BCUT2D eigenvalue weighted by molar-refractivity contribution is -0.153. The smallest absolute Gasteiger partial charge is 0.326 e. The number of carbonyl (C=O) groups excluding carboxylic acids is 9. The molecule has 21 N–H and O–H groups in total. The molecule has 31 heteroatoms. The Kier molecular flexibility index (Phi) is 25.8. The van der Waals surface area contributed by atoms with E-state index in [4.69, 9.17) is 40.1 Å². The summed E-state index contributed by atoms with van der Waals surface area (Å²) in [7, 11) is 0. The number of carboxylic acids is 1. The van der Waals surface area contributed by atoms with Crippen molar-refractivity contribution in [3.8, 4) is 0 Å². The van der Waals surface area contributed by atoms with Crippen LogP contribution in [0, 0.1) is 5.92 Å². The van der Waals surface area contributed by atoms with Crippen LogP contribution < -0.4 is 66.7 Å². The van der Waals surface area contributed by atoms with Gasteiger partial charge in [-0.05, 0) is 106 Å². The summed E-state index contributed by atoms with van der Waals surface area (Å²) in [5.74, 6) is -7.76. The Hall–Kier alpha value is -9.13. The Morgan fingerprint density at radius 2 is 1.13 bits per heavy atom. The second kappa shape index (κ2) is 33.8. The van der Waals surface area contributed by atoms with E-state index in [0.29, 0.717) is 43.2 Å². The molecule has 1 saturated carbocycles. The van der Waals surface area contributed by atoms with E-state index in [2.05, 4.69) is 41.6 Å². The maximum absolute atomic E-state index is 15.4. The van der Waals surface area contributed by atoms with Crippen LogP contribution in [0.15, 0.2) is 69.6 Å². The van der Waals surface area contributed by atoms with Crippen LogP contribution in [-0.2, 0) is 67.3 Å². The number of amides is 9. The first-order valence-corrected chi connectivity index (χ1v) is 31.6. The molecule has 3 saturated heterocycles. The molecule has 5 aliphatic rings. The highest BCUT2D eigenvalue weighted by Crippen LogP contribution is 2.41. The summed E-state index contributed by atoms with van der Waals surface area (Å²) >= 11 is 0. The Labute approximate surface area is 533 Å². The third kappa shape index (κ3) is 19.0. The van der Waals surface area contributed by atoms with Crippen LogP contribution in [0.25, 0.3) is 0 Å². The number of fused-ring (bicyclic) bond motifs is 2. The molecule has 7 rings (SSSR count). The largest absolute Gasteiger partial charge is 0.480 e. The number of carboxylic acid groups (broad SMARTS) is 1. The van der Waals surface area contributed by atoms with Crippen molar-refractivity contribution >= 4 is 77.0 Å². The molecular weight excluding hydrogens is 1190 g/mol. The first-order valence-electron chi connectivity index (χ1n) is 31.6. The van der Waals surface area contributed by atoms with E-state index in [1.807, 2.05) is 6.07 Å². The van der Waals surface area contributed by atoms with Gasteiger partial charge in [0.05, 0.1) is 19.2 Å². The van der Waals surface area contributed by atoms with Crippen molar-refractivity contribution in [1.82, 2.24) is 46.2 Å². The van der Waals surface area contributed by atoms with Gasteiger partial charge in [-0.3, -0.25) is 58.1 Å². The van der Waals surface area contributed by atoms with Gasteiger partial charge in [-0.1, -0.05) is 67.4 Å². The number of benzene rings is 2. The van der Waals surface area contributed by atoms with Crippen LogP contribution in [-0.4, -0.2) is 213 Å². The van der Waals surface area contributed by atoms with Gasteiger partial charge in [-0.2, -0.15) is 0 Å². The minimum atomic E-state index is -1.65. The Morgan fingerprint density at radius 1 is 0.554 bits per heavy atom. The molecular formula is C61H91N19O12. The van der Waals surface area contributed by atoms with Crippen molar-refractivity contribution in [3.63, 3.8) is 0 Å². The highest BCUT2D eigenvalue weighted by Gasteiger charge is 2.52. The molecule has 4 fully saturated rings. The van der Waals surface area contributed by atoms with Crippen LogP contribution in [0.5, 0.6) is 0 Å². The minimum Gasteiger partial charge on any atom is -0.480 e. The number of hydrogen-bond donors (Lipinski definition) is 14. The van der Waals surface area contributed by atoms with Crippen LogP contribution >= 0.6 is 0 Å². The van der Waals surface area contributed by atoms with Gasteiger partial charge in [0.1, 0.15) is 48.3 Å². The second-order valence-electron chi connectivity index (χ2n) is 24.1. The molecule has 0 unspecified atom stereocenters. The molecule has 1 aliphatic carbocycles. The molecule has 4 heterocycles. The van der Waals surface area contributed by atoms with E-state index in [1.54, 1.807) is 48.5 Å². The number of likely N-dealkylation sites (tertiary alicyclic amines) is 3. The lowest BCUT2D eigenvalue weighted by Gasteiger charge is -2.42. The topological polar surface area (TPSA) is 503 Å². The van der Waals surface area contributed by atoms with Crippen molar-refractivity contribution < 1.29 is 58.2 Å².